The Kier molecular flexibility index (Phi) is 5.95. The minimum absolute atomic E-state index is 0.211. The Morgan fingerprint density at radius 2 is 1.94 bits per heavy atom. The number of nitrogens with two attached hydrogens (primary N) is 2. The second kappa shape index (κ2) is 7.24. The number of phenols is 1. The van der Waals surface area contributed by atoms with Gasteiger partial charge in [0.15, 0.2) is 11.5 Å². The van der Waals surface area contributed by atoms with Gasteiger partial charge in [-0.2, -0.15) is 0 Å². The van der Waals surface area contributed by atoms with Crippen LogP contribution in [0.3, 0.4) is 0 Å². The topological polar surface area (TPSA) is 81.5 Å². The van der Waals surface area contributed by atoms with Crippen molar-refractivity contribution in [3.63, 3.8) is 0 Å². The average Bonchev–Trinajstić information content (AvgIpc) is 2.38. The molecule has 0 amide bonds. The van der Waals surface area contributed by atoms with Gasteiger partial charge in [0.25, 0.3) is 0 Å². The second-order valence-electron chi connectivity index (χ2n) is 4.60. The van der Waals surface area contributed by atoms with E-state index >= 15 is 0 Å². The van der Waals surface area contributed by atoms with Crippen molar-refractivity contribution in [3.8, 4) is 11.5 Å². The summed E-state index contributed by atoms with van der Waals surface area (Å²) in [5.41, 5.74) is 12.2. The van der Waals surface area contributed by atoms with Crippen LogP contribution in [0.15, 0.2) is 18.2 Å². The zero-order valence-corrected chi connectivity index (χ0v) is 11.2. The summed E-state index contributed by atoms with van der Waals surface area (Å²) in [6.07, 6.45) is 0.871. The van der Waals surface area contributed by atoms with Crippen LogP contribution in [0.1, 0.15) is 31.7 Å². The van der Waals surface area contributed by atoms with E-state index in [1.807, 2.05) is 19.1 Å². The number of benzene rings is 1. The van der Waals surface area contributed by atoms with Crippen molar-refractivity contribution < 1.29 is 9.84 Å². The van der Waals surface area contributed by atoms with E-state index in [0.29, 0.717) is 25.4 Å². The summed E-state index contributed by atoms with van der Waals surface area (Å²) in [7, 11) is 0. The van der Waals surface area contributed by atoms with Crippen LogP contribution in [0.2, 0.25) is 0 Å². The van der Waals surface area contributed by atoms with E-state index < -0.39 is 0 Å². The van der Waals surface area contributed by atoms with E-state index in [-0.39, 0.29) is 17.6 Å². The average molecular weight is 252 g/mol. The van der Waals surface area contributed by atoms with Crippen molar-refractivity contribution in [2.75, 3.05) is 19.7 Å². The smallest absolute Gasteiger partial charge is 0.161 e. The molecule has 4 heteroatoms. The number of ether oxygens (including phenoxy) is 1. The van der Waals surface area contributed by atoms with Crippen LogP contribution >= 0.6 is 0 Å². The standard InChI is InChI=1S/C14H24N2O2/c1-3-18-13-6-4-5-12(14(13)17)10(2)7-11(8-15)9-16/h4-6,10-11,17H,3,7-9,15-16H2,1-2H3. The number of hydrogen-bond donors (Lipinski definition) is 3. The highest BCUT2D eigenvalue weighted by Gasteiger charge is 2.17. The molecule has 4 nitrogen and oxygen atoms in total. The number of rotatable bonds is 7. The number of aromatic hydroxyl groups is 1. The Morgan fingerprint density at radius 1 is 1.28 bits per heavy atom. The van der Waals surface area contributed by atoms with Crippen molar-refractivity contribution in [2.24, 2.45) is 17.4 Å². The maximum absolute atomic E-state index is 10.2. The summed E-state index contributed by atoms with van der Waals surface area (Å²) in [5.74, 6) is 1.27. The van der Waals surface area contributed by atoms with Crippen LogP contribution in [0.5, 0.6) is 11.5 Å². The molecule has 0 bridgehead atoms. The molecule has 1 aromatic rings. The fraction of sp³-hybridized carbons (Fsp3) is 0.571. The predicted octanol–water partition coefficient (Wildman–Crippen LogP) is 1.82. The minimum atomic E-state index is 0.211. The quantitative estimate of drug-likeness (QED) is 0.691. The van der Waals surface area contributed by atoms with Crippen LogP contribution in [0.4, 0.5) is 0 Å². The third kappa shape index (κ3) is 3.62. The van der Waals surface area contributed by atoms with Crippen LogP contribution in [-0.4, -0.2) is 24.8 Å². The Morgan fingerprint density at radius 3 is 2.50 bits per heavy atom. The summed E-state index contributed by atoms with van der Waals surface area (Å²) in [5, 5.41) is 10.2. The lowest BCUT2D eigenvalue weighted by atomic mass is 9.89. The maximum Gasteiger partial charge on any atom is 0.161 e. The van der Waals surface area contributed by atoms with Gasteiger partial charge < -0.3 is 21.3 Å². The van der Waals surface area contributed by atoms with Gasteiger partial charge in [-0.25, -0.2) is 0 Å². The van der Waals surface area contributed by atoms with Gasteiger partial charge in [0.2, 0.25) is 0 Å². The Bertz CT molecular complexity index is 365. The largest absolute Gasteiger partial charge is 0.504 e. The molecule has 0 saturated heterocycles. The SMILES string of the molecule is CCOc1cccc(C(C)CC(CN)CN)c1O. The fourth-order valence-electron chi connectivity index (χ4n) is 2.12. The van der Waals surface area contributed by atoms with Crippen LogP contribution in [0, 0.1) is 5.92 Å². The molecule has 102 valence electrons. The molecule has 0 radical (unpaired) electrons. The summed E-state index contributed by atoms with van der Waals surface area (Å²) >= 11 is 0. The van der Waals surface area contributed by atoms with Gasteiger partial charge in [-0.05, 0) is 44.3 Å². The fourth-order valence-corrected chi connectivity index (χ4v) is 2.12. The second-order valence-corrected chi connectivity index (χ2v) is 4.60. The first-order chi connectivity index (χ1) is 8.63. The molecule has 1 rings (SSSR count). The molecule has 1 unspecified atom stereocenters. The van der Waals surface area contributed by atoms with Crippen molar-refractivity contribution in [3.05, 3.63) is 23.8 Å². The van der Waals surface area contributed by atoms with Gasteiger partial charge in [0.1, 0.15) is 0 Å². The van der Waals surface area contributed by atoms with Gasteiger partial charge >= 0.3 is 0 Å². The molecule has 1 aromatic carbocycles. The van der Waals surface area contributed by atoms with Crippen molar-refractivity contribution in [1.29, 1.82) is 0 Å². The lowest BCUT2D eigenvalue weighted by molar-refractivity contribution is 0.315. The Labute approximate surface area is 109 Å². The zero-order valence-electron chi connectivity index (χ0n) is 11.2. The predicted molar refractivity (Wildman–Crippen MR) is 73.9 cm³/mol. The maximum atomic E-state index is 10.2. The summed E-state index contributed by atoms with van der Waals surface area (Å²) in [6, 6.07) is 5.60. The number of hydrogen-bond acceptors (Lipinski definition) is 4. The van der Waals surface area contributed by atoms with Gasteiger partial charge in [0.05, 0.1) is 6.61 Å². The molecular weight excluding hydrogens is 228 g/mol. The highest BCUT2D eigenvalue weighted by molar-refractivity contribution is 5.46. The van der Waals surface area contributed by atoms with Gasteiger partial charge in [-0.1, -0.05) is 19.1 Å². The molecule has 0 saturated carbocycles. The normalized spacial score (nSPS) is 12.7. The lowest BCUT2D eigenvalue weighted by Gasteiger charge is -2.20. The first-order valence-electron chi connectivity index (χ1n) is 6.48. The van der Waals surface area contributed by atoms with E-state index in [9.17, 15) is 5.11 Å². The highest BCUT2D eigenvalue weighted by Crippen LogP contribution is 2.36. The molecule has 0 aliphatic carbocycles. The lowest BCUT2D eigenvalue weighted by Crippen LogP contribution is -2.24. The highest BCUT2D eigenvalue weighted by atomic mass is 16.5. The Balaban J connectivity index is 2.85. The Hall–Kier alpha value is -1.26. The van der Waals surface area contributed by atoms with Gasteiger partial charge in [-0.15, -0.1) is 0 Å². The van der Waals surface area contributed by atoms with Gasteiger partial charge in [-0.3, -0.25) is 0 Å². The minimum Gasteiger partial charge on any atom is -0.504 e. The third-order valence-electron chi connectivity index (χ3n) is 3.21. The van der Waals surface area contributed by atoms with Crippen LogP contribution < -0.4 is 16.2 Å². The summed E-state index contributed by atoms with van der Waals surface area (Å²) < 4.78 is 5.39. The molecule has 0 spiro atoms. The molecule has 0 heterocycles. The molecule has 5 N–H and O–H groups in total. The molecule has 0 aliphatic heterocycles. The van der Waals surface area contributed by atoms with Crippen LogP contribution in [-0.2, 0) is 0 Å². The van der Waals surface area contributed by atoms with Crippen LogP contribution in [0.25, 0.3) is 0 Å². The van der Waals surface area contributed by atoms with Crippen molar-refractivity contribution >= 4 is 0 Å². The summed E-state index contributed by atoms with van der Waals surface area (Å²) in [6.45, 7) is 5.66. The molecule has 0 fully saturated rings. The van der Waals surface area contributed by atoms with Crippen molar-refractivity contribution in [1.82, 2.24) is 0 Å². The number of para-hydroxylation sites is 1. The first kappa shape index (κ1) is 14.8. The van der Waals surface area contributed by atoms with E-state index in [0.717, 1.165) is 12.0 Å². The molecule has 0 aliphatic rings. The first-order valence-corrected chi connectivity index (χ1v) is 6.48. The third-order valence-corrected chi connectivity index (χ3v) is 3.21. The van der Waals surface area contributed by atoms with Gasteiger partial charge in [0, 0.05) is 5.56 Å². The zero-order chi connectivity index (χ0) is 13.5. The van der Waals surface area contributed by atoms with E-state index in [4.69, 9.17) is 16.2 Å². The monoisotopic (exact) mass is 252 g/mol. The molecule has 0 aromatic heterocycles. The van der Waals surface area contributed by atoms with E-state index in [1.165, 1.54) is 0 Å². The molecule has 1 atom stereocenters. The van der Waals surface area contributed by atoms with Crippen molar-refractivity contribution in [2.45, 2.75) is 26.2 Å². The number of phenolic OH excluding ortho intramolecular Hbond substituents is 1. The molecular formula is C14H24N2O2. The van der Waals surface area contributed by atoms with E-state index in [2.05, 4.69) is 6.92 Å². The molecule has 18 heavy (non-hydrogen) atoms. The summed E-state index contributed by atoms with van der Waals surface area (Å²) in [4.78, 5) is 0. The van der Waals surface area contributed by atoms with E-state index in [1.54, 1.807) is 6.07 Å².